The van der Waals surface area contributed by atoms with Gasteiger partial charge in [0.25, 0.3) is 17.5 Å². The number of likely N-dealkylation sites (tertiary alicyclic amines) is 1. The monoisotopic (exact) mass is 575 g/mol. The molecule has 1 saturated heterocycles. The molecule has 0 atom stereocenters. The fourth-order valence-corrected chi connectivity index (χ4v) is 4.72. The molecule has 2 heterocycles. The molecule has 218 valence electrons. The number of benzene rings is 2. The first kappa shape index (κ1) is 29.6. The summed E-state index contributed by atoms with van der Waals surface area (Å²) in [5.41, 5.74) is 5.53. The van der Waals surface area contributed by atoms with Crippen molar-refractivity contribution in [3.63, 3.8) is 0 Å². The summed E-state index contributed by atoms with van der Waals surface area (Å²) < 4.78 is 5.70. The topological polar surface area (TPSA) is 185 Å². The quantitative estimate of drug-likeness (QED) is 0.126. The summed E-state index contributed by atoms with van der Waals surface area (Å²) in [6, 6.07) is 8.89. The van der Waals surface area contributed by atoms with Gasteiger partial charge in [0.2, 0.25) is 5.91 Å². The Morgan fingerprint density at radius 3 is 2.38 bits per heavy atom. The molecule has 0 unspecified atom stereocenters. The van der Waals surface area contributed by atoms with Crippen LogP contribution in [0.4, 0.5) is 16.2 Å². The van der Waals surface area contributed by atoms with Crippen molar-refractivity contribution >= 4 is 35.2 Å². The number of anilines is 1. The second-order valence-electron chi connectivity index (χ2n) is 9.67. The molecule has 2 aliphatic rings. The average Bonchev–Trinajstić information content (AvgIpc) is 3.21. The second kappa shape index (κ2) is 13.3. The SMILES string of the molecule is NC(=O)c1cc(OCC#CCC2CCN(C(=O)O)CC2)c(NCC=CCN2C(=O)c3ccccc3C2=O)c([N+](=O)[O-])c1. The zero-order chi connectivity index (χ0) is 30.2. The molecular formula is C29H29N5O8. The van der Waals surface area contributed by atoms with Gasteiger partial charge < -0.3 is 25.8 Å². The molecule has 0 aromatic heterocycles. The Morgan fingerprint density at radius 1 is 1.12 bits per heavy atom. The lowest BCUT2D eigenvalue weighted by Crippen LogP contribution is -2.37. The number of primary amides is 1. The van der Waals surface area contributed by atoms with Crippen molar-refractivity contribution < 1.29 is 33.9 Å². The fourth-order valence-electron chi connectivity index (χ4n) is 4.72. The minimum Gasteiger partial charge on any atom is -0.478 e. The fraction of sp³-hybridized carbons (Fsp3) is 0.310. The van der Waals surface area contributed by atoms with Crippen LogP contribution in [-0.4, -0.2) is 76.4 Å². The molecule has 13 heteroatoms. The smallest absolute Gasteiger partial charge is 0.407 e. The van der Waals surface area contributed by atoms with Crippen LogP contribution in [0.15, 0.2) is 48.6 Å². The lowest BCUT2D eigenvalue weighted by atomic mass is 9.94. The molecule has 4 rings (SSSR count). The van der Waals surface area contributed by atoms with Gasteiger partial charge in [-0.15, -0.1) is 0 Å². The largest absolute Gasteiger partial charge is 0.478 e. The maximum atomic E-state index is 12.5. The molecule has 13 nitrogen and oxygen atoms in total. The second-order valence-corrected chi connectivity index (χ2v) is 9.67. The number of nitro groups is 1. The first-order valence-corrected chi connectivity index (χ1v) is 13.2. The number of nitrogens with two attached hydrogens (primary N) is 1. The average molecular weight is 576 g/mol. The number of fused-ring (bicyclic) bond motifs is 1. The van der Waals surface area contributed by atoms with Gasteiger partial charge in [-0.2, -0.15) is 0 Å². The summed E-state index contributed by atoms with van der Waals surface area (Å²) in [5.74, 6) is 4.48. The Hall–Kier alpha value is -5.38. The van der Waals surface area contributed by atoms with Crippen molar-refractivity contribution in [2.75, 3.05) is 38.1 Å². The van der Waals surface area contributed by atoms with Gasteiger partial charge in [0.15, 0.2) is 11.4 Å². The lowest BCUT2D eigenvalue weighted by molar-refractivity contribution is -0.384. The number of hydrogen-bond donors (Lipinski definition) is 3. The summed E-state index contributed by atoms with van der Waals surface area (Å²) in [6.45, 7) is 0.909. The van der Waals surface area contributed by atoms with Gasteiger partial charge >= 0.3 is 6.09 Å². The number of piperidine rings is 1. The number of carbonyl (C=O) groups excluding carboxylic acids is 3. The van der Waals surface area contributed by atoms with E-state index < -0.39 is 34.4 Å². The predicted octanol–water partition coefficient (Wildman–Crippen LogP) is 3.12. The number of carboxylic acid groups (broad SMARTS) is 1. The van der Waals surface area contributed by atoms with E-state index >= 15 is 0 Å². The van der Waals surface area contributed by atoms with Crippen molar-refractivity contribution in [2.24, 2.45) is 11.7 Å². The van der Waals surface area contributed by atoms with Crippen LogP contribution in [0.5, 0.6) is 5.75 Å². The Labute approximate surface area is 241 Å². The highest BCUT2D eigenvalue weighted by Gasteiger charge is 2.34. The van der Waals surface area contributed by atoms with E-state index in [1.165, 1.54) is 11.0 Å². The number of nitrogens with zero attached hydrogens (tertiary/aromatic N) is 3. The van der Waals surface area contributed by atoms with E-state index in [0.29, 0.717) is 43.5 Å². The Kier molecular flexibility index (Phi) is 9.39. The van der Waals surface area contributed by atoms with Crippen LogP contribution in [0.2, 0.25) is 0 Å². The molecule has 2 aliphatic heterocycles. The van der Waals surface area contributed by atoms with Gasteiger partial charge in [0, 0.05) is 44.2 Å². The van der Waals surface area contributed by atoms with Crippen LogP contribution in [0, 0.1) is 27.9 Å². The third-order valence-electron chi connectivity index (χ3n) is 6.99. The molecule has 0 aliphatic carbocycles. The standard InChI is InChI=1S/C29H29N5O8/c30-26(35)20-17-23(34(40)41)25(24(18-20)42-16-6-3-7-19-10-14-32(15-11-19)29(38)39)31-12-4-5-13-33-27(36)21-8-1-2-9-22(21)28(33)37/h1-2,4-5,8-9,17-19,31H,7,10-16H2,(H2,30,35)(H,38,39). The summed E-state index contributed by atoms with van der Waals surface area (Å²) in [7, 11) is 0. The molecule has 2 aromatic rings. The third-order valence-corrected chi connectivity index (χ3v) is 6.99. The summed E-state index contributed by atoms with van der Waals surface area (Å²) >= 11 is 0. The van der Waals surface area contributed by atoms with Crippen molar-refractivity contribution in [1.29, 1.82) is 0 Å². The maximum absolute atomic E-state index is 12.5. The number of nitrogens with one attached hydrogen (secondary N) is 1. The van der Waals surface area contributed by atoms with Gasteiger partial charge in [-0.25, -0.2) is 4.79 Å². The van der Waals surface area contributed by atoms with Crippen molar-refractivity contribution in [1.82, 2.24) is 9.80 Å². The van der Waals surface area contributed by atoms with Gasteiger partial charge in [0.05, 0.1) is 16.1 Å². The van der Waals surface area contributed by atoms with Crippen LogP contribution < -0.4 is 15.8 Å². The molecule has 0 spiro atoms. The van der Waals surface area contributed by atoms with Crippen LogP contribution in [0.1, 0.15) is 50.3 Å². The summed E-state index contributed by atoms with van der Waals surface area (Å²) in [5, 5.41) is 23.8. The zero-order valence-electron chi connectivity index (χ0n) is 22.6. The van der Waals surface area contributed by atoms with Gasteiger partial charge in [0.1, 0.15) is 6.61 Å². The normalized spacial score (nSPS) is 14.9. The molecule has 4 N–H and O–H groups in total. The molecule has 2 aromatic carbocycles. The van der Waals surface area contributed by atoms with E-state index in [-0.39, 0.29) is 42.6 Å². The maximum Gasteiger partial charge on any atom is 0.407 e. The van der Waals surface area contributed by atoms with Crippen LogP contribution in [0.25, 0.3) is 0 Å². The van der Waals surface area contributed by atoms with E-state index in [0.717, 1.165) is 11.0 Å². The van der Waals surface area contributed by atoms with E-state index in [2.05, 4.69) is 17.2 Å². The molecular weight excluding hydrogens is 546 g/mol. The summed E-state index contributed by atoms with van der Waals surface area (Å²) in [4.78, 5) is 61.5. The lowest BCUT2D eigenvalue weighted by Gasteiger charge is -2.28. The van der Waals surface area contributed by atoms with Gasteiger partial charge in [-0.1, -0.05) is 36.1 Å². The predicted molar refractivity (Wildman–Crippen MR) is 151 cm³/mol. The third kappa shape index (κ3) is 6.84. The number of imide groups is 1. The number of amides is 4. The number of nitro benzene ring substituents is 1. The molecule has 0 bridgehead atoms. The van der Waals surface area contributed by atoms with Crippen LogP contribution in [0.3, 0.4) is 0 Å². The first-order chi connectivity index (χ1) is 20.2. The van der Waals surface area contributed by atoms with E-state index in [4.69, 9.17) is 15.6 Å². The highest BCUT2D eigenvalue weighted by atomic mass is 16.6. The molecule has 1 fully saturated rings. The van der Waals surface area contributed by atoms with E-state index in [1.54, 1.807) is 36.4 Å². The highest BCUT2D eigenvalue weighted by molar-refractivity contribution is 6.21. The van der Waals surface area contributed by atoms with Crippen molar-refractivity contribution in [3.8, 4) is 17.6 Å². The first-order valence-electron chi connectivity index (χ1n) is 13.2. The Balaban J connectivity index is 1.38. The molecule has 42 heavy (non-hydrogen) atoms. The van der Waals surface area contributed by atoms with Crippen LogP contribution >= 0.6 is 0 Å². The van der Waals surface area contributed by atoms with E-state index in [1.807, 2.05) is 0 Å². The van der Waals surface area contributed by atoms with Gasteiger partial charge in [-0.05, 0) is 37.0 Å². The number of carbonyl (C=O) groups is 4. The number of ether oxygens (including phenoxy) is 1. The number of rotatable bonds is 10. The highest BCUT2D eigenvalue weighted by Crippen LogP contribution is 2.36. The minimum atomic E-state index is -0.928. The molecule has 4 amide bonds. The van der Waals surface area contributed by atoms with Crippen molar-refractivity contribution in [3.05, 3.63) is 75.4 Å². The minimum absolute atomic E-state index is 0.0100. The summed E-state index contributed by atoms with van der Waals surface area (Å²) in [6.07, 6.45) is 4.25. The van der Waals surface area contributed by atoms with Gasteiger partial charge in [-0.3, -0.25) is 29.4 Å². The molecule has 0 radical (unpaired) electrons. The Morgan fingerprint density at radius 2 is 1.79 bits per heavy atom. The molecule has 0 saturated carbocycles. The number of hydrogen-bond acceptors (Lipinski definition) is 8. The van der Waals surface area contributed by atoms with Crippen LogP contribution in [-0.2, 0) is 0 Å². The zero-order valence-corrected chi connectivity index (χ0v) is 22.6. The Bertz CT molecular complexity index is 1470. The van der Waals surface area contributed by atoms with Crippen molar-refractivity contribution in [2.45, 2.75) is 19.3 Å². The van der Waals surface area contributed by atoms with E-state index in [9.17, 15) is 29.3 Å².